The Balaban J connectivity index is 2.00. The maximum Gasteiger partial charge on any atom is 0.417 e. The second kappa shape index (κ2) is 8.68. The standard InChI is InChI=1S/C18H17ClF3N3O2/c1-25(8-7-23)13-3-2-4-14(10-13)27-11-17(26)24-12-5-6-16(19)15(9-12)18(20,21)22/h2-10H,11,23H2,1H3,(H,24,26)/b8-7-. The molecule has 0 unspecified atom stereocenters. The number of nitrogens with one attached hydrogen (secondary N) is 1. The van der Waals surface area contributed by atoms with Crippen LogP contribution in [0.3, 0.4) is 0 Å². The molecule has 144 valence electrons. The van der Waals surface area contributed by atoms with Crippen molar-refractivity contribution in [1.82, 2.24) is 0 Å². The molecule has 0 saturated heterocycles. The second-order valence-electron chi connectivity index (χ2n) is 5.48. The minimum Gasteiger partial charge on any atom is -0.484 e. The quantitative estimate of drug-likeness (QED) is 0.762. The third-order valence-corrected chi connectivity index (χ3v) is 3.79. The summed E-state index contributed by atoms with van der Waals surface area (Å²) in [6, 6.07) is 10.0. The normalized spacial score (nSPS) is 11.4. The molecule has 0 aliphatic carbocycles. The van der Waals surface area contributed by atoms with E-state index < -0.39 is 22.7 Å². The minimum absolute atomic E-state index is 0.0260. The summed E-state index contributed by atoms with van der Waals surface area (Å²) in [5.74, 6) is -0.182. The molecule has 0 atom stereocenters. The highest BCUT2D eigenvalue weighted by molar-refractivity contribution is 6.31. The molecule has 0 saturated carbocycles. The molecule has 0 fully saturated rings. The molecule has 0 spiro atoms. The van der Waals surface area contributed by atoms with Gasteiger partial charge in [0.05, 0.1) is 10.6 Å². The van der Waals surface area contributed by atoms with E-state index in [4.69, 9.17) is 22.1 Å². The predicted molar refractivity (Wildman–Crippen MR) is 98.8 cm³/mol. The van der Waals surface area contributed by atoms with Gasteiger partial charge in [-0.3, -0.25) is 4.79 Å². The predicted octanol–water partition coefficient (Wildman–Crippen LogP) is 4.24. The number of halogens is 4. The van der Waals surface area contributed by atoms with E-state index in [0.29, 0.717) is 5.75 Å². The zero-order chi connectivity index (χ0) is 20.0. The number of alkyl halides is 3. The SMILES string of the molecule is CN(/C=C\N)c1cccc(OCC(=O)Nc2ccc(Cl)c(C(F)(F)F)c2)c1. The Labute approximate surface area is 159 Å². The van der Waals surface area contributed by atoms with E-state index in [9.17, 15) is 18.0 Å². The van der Waals surface area contributed by atoms with Crippen LogP contribution in [-0.4, -0.2) is 19.6 Å². The van der Waals surface area contributed by atoms with Crippen LogP contribution in [-0.2, 0) is 11.0 Å². The number of nitrogens with zero attached hydrogens (tertiary/aromatic N) is 1. The lowest BCUT2D eigenvalue weighted by Crippen LogP contribution is -2.20. The Bertz CT molecular complexity index is 841. The monoisotopic (exact) mass is 399 g/mol. The van der Waals surface area contributed by atoms with E-state index >= 15 is 0 Å². The Kier molecular flexibility index (Phi) is 6.57. The average Bonchev–Trinajstić information content (AvgIpc) is 2.61. The molecule has 0 bridgehead atoms. The molecule has 0 radical (unpaired) electrons. The molecule has 1 amide bonds. The fourth-order valence-corrected chi connectivity index (χ4v) is 2.40. The molecule has 0 aliphatic rings. The summed E-state index contributed by atoms with van der Waals surface area (Å²) < 4.78 is 44.0. The number of carbonyl (C=O) groups is 1. The van der Waals surface area contributed by atoms with Gasteiger partial charge in [0.25, 0.3) is 5.91 Å². The zero-order valence-corrected chi connectivity index (χ0v) is 15.0. The molecule has 0 aromatic heterocycles. The van der Waals surface area contributed by atoms with Crippen LogP contribution in [0.1, 0.15) is 5.56 Å². The van der Waals surface area contributed by atoms with Crippen LogP contribution in [0.5, 0.6) is 5.75 Å². The van der Waals surface area contributed by atoms with Crippen LogP contribution in [0.25, 0.3) is 0 Å². The molecular weight excluding hydrogens is 383 g/mol. The number of hydrogen-bond acceptors (Lipinski definition) is 4. The lowest BCUT2D eigenvalue weighted by Gasteiger charge is -2.15. The summed E-state index contributed by atoms with van der Waals surface area (Å²) in [6.45, 7) is -0.371. The summed E-state index contributed by atoms with van der Waals surface area (Å²) in [7, 11) is 1.79. The van der Waals surface area contributed by atoms with Crippen molar-refractivity contribution >= 4 is 28.9 Å². The molecule has 2 aromatic rings. The lowest BCUT2D eigenvalue weighted by molar-refractivity contribution is -0.137. The number of carbonyl (C=O) groups excluding carboxylic acids is 1. The van der Waals surface area contributed by atoms with Gasteiger partial charge in [-0.25, -0.2) is 0 Å². The highest BCUT2D eigenvalue weighted by Gasteiger charge is 2.33. The Morgan fingerprint density at radius 1 is 1.30 bits per heavy atom. The van der Waals surface area contributed by atoms with Crippen molar-refractivity contribution in [3.63, 3.8) is 0 Å². The van der Waals surface area contributed by atoms with Gasteiger partial charge in [-0.05, 0) is 30.3 Å². The summed E-state index contributed by atoms with van der Waals surface area (Å²) in [5, 5.41) is 1.91. The number of anilines is 2. The first kappa shape index (κ1) is 20.4. The molecule has 2 aromatic carbocycles. The lowest BCUT2D eigenvalue weighted by atomic mass is 10.2. The number of benzene rings is 2. The molecule has 0 heterocycles. The summed E-state index contributed by atoms with van der Waals surface area (Å²) in [6.07, 6.45) is -1.59. The number of hydrogen-bond donors (Lipinski definition) is 2. The van der Waals surface area contributed by atoms with Gasteiger partial charge in [-0.15, -0.1) is 0 Å². The van der Waals surface area contributed by atoms with Gasteiger partial charge in [-0.2, -0.15) is 13.2 Å². The van der Waals surface area contributed by atoms with E-state index in [1.54, 1.807) is 36.3 Å². The van der Waals surface area contributed by atoms with Gasteiger partial charge in [-0.1, -0.05) is 17.7 Å². The van der Waals surface area contributed by atoms with Crippen molar-refractivity contribution in [2.24, 2.45) is 5.73 Å². The van der Waals surface area contributed by atoms with E-state index in [0.717, 1.165) is 17.8 Å². The Morgan fingerprint density at radius 3 is 2.70 bits per heavy atom. The van der Waals surface area contributed by atoms with Gasteiger partial charge >= 0.3 is 6.18 Å². The van der Waals surface area contributed by atoms with E-state index in [2.05, 4.69) is 5.32 Å². The van der Waals surface area contributed by atoms with E-state index in [-0.39, 0.29) is 12.3 Å². The summed E-state index contributed by atoms with van der Waals surface area (Å²) in [5.41, 5.74) is 5.07. The first-order valence-electron chi connectivity index (χ1n) is 7.71. The smallest absolute Gasteiger partial charge is 0.417 e. The molecule has 3 N–H and O–H groups in total. The summed E-state index contributed by atoms with van der Waals surface area (Å²) in [4.78, 5) is 13.7. The Hall–Kier alpha value is -2.87. The molecular formula is C18H17ClF3N3O2. The van der Waals surface area contributed by atoms with Gasteiger partial charge < -0.3 is 20.7 Å². The van der Waals surface area contributed by atoms with Crippen molar-refractivity contribution in [3.8, 4) is 5.75 Å². The van der Waals surface area contributed by atoms with Crippen molar-refractivity contribution < 1.29 is 22.7 Å². The second-order valence-corrected chi connectivity index (χ2v) is 5.89. The van der Waals surface area contributed by atoms with Crippen LogP contribution in [0.4, 0.5) is 24.5 Å². The van der Waals surface area contributed by atoms with Gasteiger partial charge in [0.2, 0.25) is 0 Å². The van der Waals surface area contributed by atoms with Crippen LogP contribution in [0.15, 0.2) is 54.9 Å². The molecule has 27 heavy (non-hydrogen) atoms. The molecule has 0 aliphatic heterocycles. The van der Waals surface area contributed by atoms with Gasteiger partial charge in [0.15, 0.2) is 6.61 Å². The van der Waals surface area contributed by atoms with Gasteiger partial charge in [0, 0.05) is 36.9 Å². The number of rotatable bonds is 6. The molecule has 9 heteroatoms. The zero-order valence-electron chi connectivity index (χ0n) is 14.3. The van der Waals surface area contributed by atoms with Crippen LogP contribution in [0.2, 0.25) is 5.02 Å². The first-order valence-corrected chi connectivity index (χ1v) is 8.09. The van der Waals surface area contributed by atoms with Crippen LogP contribution in [0, 0.1) is 0 Å². The number of nitrogens with two attached hydrogens (primary N) is 1. The maximum atomic E-state index is 12.9. The van der Waals surface area contributed by atoms with E-state index in [1.165, 1.54) is 12.3 Å². The number of ether oxygens (including phenoxy) is 1. The molecule has 2 rings (SSSR count). The average molecular weight is 400 g/mol. The van der Waals surface area contributed by atoms with Crippen LogP contribution >= 0.6 is 11.6 Å². The third kappa shape index (κ3) is 5.82. The third-order valence-electron chi connectivity index (χ3n) is 3.46. The largest absolute Gasteiger partial charge is 0.484 e. The van der Waals surface area contributed by atoms with Crippen molar-refractivity contribution in [3.05, 3.63) is 65.5 Å². The topological polar surface area (TPSA) is 67.6 Å². The fraction of sp³-hybridized carbons (Fsp3) is 0.167. The van der Waals surface area contributed by atoms with Crippen LogP contribution < -0.4 is 20.7 Å². The van der Waals surface area contributed by atoms with E-state index in [1.807, 2.05) is 6.07 Å². The van der Waals surface area contributed by atoms with Gasteiger partial charge in [0.1, 0.15) is 5.75 Å². The van der Waals surface area contributed by atoms with Crippen molar-refractivity contribution in [1.29, 1.82) is 0 Å². The Morgan fingerprint density at radius 2 is 2.04 bits per heavy atom. The molecule has 5 nitrogen and oxygen atoms in total. The summed E-state index contributed by atoms with van der Waals surface area (Å²) >= 11 is 5.55. The minimum atomic E-state index is -4.61. The highest BCUT2D eigenvalue weighted by atomic mass is 35.5. The fourth-order valence-electron chi connectivity index (χ4n) is 2.17. The first-order chi connectivity index (χ1) is 12.7. The highest BCUT2D eigenvalue weighted by Crippen LogP contribution is 2.36. The maximum absolute atomic E-state index is 12.9. The van der Waals surface area contributed by atoms with Crippen molar-refractivity contribution in [2.75, 3.05) is 23.9 Å². The number of amides is 1. The van der Waals surface area contributed by atoms with Crippen molar-refractivity contribution in [2.45, 2.75) is 6.18 Å².